The van der Waals surface area contributed by atoms with Gasteiger partial charge in [0.25, 0.3) is 0 Å². The number of hydrogen-bond donors (Lipinski definition) is 1. The summed E-state index contributed by atoms with van der Waals surface area (Å²) in [6.07, 6.45) is 5.60. The first-order valence-corrected chi connectivity index (χ1v) is 10.1. The van der Waals surface area contributed by atoms with Gasteiger partial charge in [0.2, 0.25) is 5.91 Å². The molecule has 152 valence electrons. The van der Waals surface area contributed by atoms with E-state index in [1.165, 1.54) is 4.90 Å². The number of hydrogen-bond acceptors (Lipinski definition) is 4. The SMILES string of the molecule is CCC(=O)N(C)c1ccc(C23CC(C(=O)CCc4ccc(N)nc4)(C2)C3)cc1F. The summed E-state index contributed by atoms with van der Waals surface area (Å²) in [6.45, 7) is 1.76. The van der Waals surface area contributed by atoms with Crippen LogP contribution in [0.4, 0.5) is 15.9 Å². The van der Waals surface area contributed by atoms with Gasteiger partial charge in [-0.05, 0) is 60.4 Å². The highest BCUT2D eigenvalue weighted by Crippen LogP contribution is 2.74. The monoisotopic (exact) mass is 395 g/mol. The first-order chi connectivity index (χ1) is 13.8. The number of nitrogens with two attached hydrogens (primary N) is 1. The predicted octanol–water partition coefficient (Wildman–Crippen LogP) is 3.80. The average molecular weight is 395 g/mol. The molecule has 1 amide bonds. The fraction of sp³-hybridized carbons (Fsp3) is 0.435. The van der Waals surface area contributed by atoms with Crippen molar-refractivity contribution in [3.05, 3.63) is 53.5 Å². The Balaban J connectivity index is 1.38. The summed E-state index contributed by atoms with van der Waals surface area (Å²) in [7, 11) is 1.59. The van der Waals surface area contributed by atoms with E-state index in [1.807, 2.05) is 12.1 Å². The Morgan fingerprint density at radius 3 is 2.52 bits per heavy atom. The second kappa shape index (κ2) is 6.94. The average Bonchev–Trinajstić information content (AvgIpc) is 2.64. The quantitative estimate of drug-likeness (QED) is 0.774. The van der Waals surface area contributed by atoms with Crippen LogP contribution in [-0.4, -0.2) is 23.7 Å². The lowest BCUT2D eigenvalue weighted by Gasteiger charge is -2.70. The number of nitrogens with zero attached hydrogens (tertiary/aromatic N) is 2. The third-order valence-corrected chi connectivity index (χ3v) is 6.71. The van der Waals surface area contributed by atoms with Crippen LogP contribution in [0.1, 0.15) is 50.2 Å². The molecule has 1 aromatic heterocycles. The molecule has 0 spiro atoms. The normalized spacial score (nSPS) is 24.4. The summed E-state index contributed by atoms with van der Waals surface area (Å²) in [5, 5.41) is 0. The summed E-state index contributed by atoms with van der Waals surface area (Å²) < 4.78 is 14.6. The van der Waals surface area contributed by atoms with Gasteiger partial charge in [0.05, 0.1) is 5.69 Å². The van der Waals surface area contributed by atoms with Gasteiger partial charge in [-0.2, -0.15) is 0 Å². The molecule has 2 aromatic rings. The van der Waals surface area contributed by atoms with Gasteiger partial charge in [-0.15, -0.1) is 0 Å². The molecule has 2 N–H and O–H groups in total. The molecule has 3 fully saturated rings. The third-order valence-electron chi connectivity index (χ3n) is 6.71. The van der Waals surface area contributed by atoms with Gasteiger partial charge in [0, 0.05) is 31.5 Å². The van der Waals surface area contributed by atoms with Gasteiger partial charge >= 0.3 is 0 Å². The van der Waals surface area contributed by atoms with E-state index in [0.29, 0.717) is 36.6 Å². The van der Waals surface area contributed by atoms with Crippen molar-refractivity contribution in [1.29, 1.82) is 0 Å². The van der Waals surface area contributed by atoms with Crippen molar-refractivity contribution in [1.82, 2.24) is 4.98 Å². The molecule has 29 heavy (non-hydrogen) atoms. The van der Waals surface area contributed by atoms with Gasteiger partial charge in [-0.25, -0.2) is 9.37 Å². The minimum Gasteiger partial charge on any atom is -0.384 e. The van der Waals surface area contributed by atoms with Crippen LogP contribution in [0.15, 0.2) is 36.5 Å². The van der Waals surface area contributed by atoms with E-state index < -0.39 is 0 Å². The molecule has 0 atom stereocenters. The smallest absolute Gasteiger partial charge is 0.226 e. The summed E-state index contributed by atoms with van der Waals surface area (Å²) in [5.41, 5.74) is 7.53. The van der Waals surface area contributed by atoms with Crippen LogP contribution >= 0.6 is 0 Å². The highest BCUT2D eigenvalue weighted by atomic mass is 19.1. The number of halogens is 1. The zero-order valence-corrected chi connectivity index (χ0v) is 16.9. The molecule has 0 aliphatic heterocycles. The minimum atomic E-state index is -0.382. The number of carbonyl (C=O) groups is 2. The topological polar surface area (TPSA) is 76.3 Å². The van der Waals surface area contributed by atoms with E-state index >= 15 is 0 Å². The number of carbonyl (C=O) groups excluding carboxylic acids is 2. The Bertz CT molecular complexity index is 951. The fourth-order valence-corrected chi connectivity index (χ4v) is 4.98. The maximum Gasteiger partial charge on any atom is 0.226 e. The highest BCUT2D eigenvalue weighted by Gasteiger charge is 2.71. The number of pyridine rings is 1. The number of amides is 1. The number of ketones is 1. The van der Waals surface area contributed by atoms with Crippen molar-refractivity contribution >= 4 is 23.2 Å². The zero-order valence-electron chi connectivity index (χ0n) is 16.9. The largest absolute Gasteiger partial charge is 0.384 e. The molecular formula is C23H26FN3O2. The lowest BCUT2D eigenvalue weighted by Crippen LogP contribution is -2.67. The summed E-state index contributed by atoms with van der Waals surface area (Å²) >= 11 is 0. The predicted molar refractivity (Wildman–Crippen MR) is 110 cm³/mol. The summed E-state index contributed by atoms with van der Waals surface area (Å²) in [4.78, 5) is 30.0. The number of rotatable bonds is 7. The number of nitrogen functional groups attached to an aromatic ring is 1. The Kier molecular flexibility index (Phi) is 4.68. The molecule has 3 aliphatic rings. The number of aryl methyl sites for hydroxylation is 1. The molecule has 5 rings (SSSR count). The fourth-order valence-electron chi connectivity index (χ4n) is 4.98. The molecule has 0 saturated heterocycles. The first-order valence-electron chi connectivity index (χ1n) is 10.1. The van der Waals surface area contributed by atoms with E-state index in [2.05, 4.69) is 4.98 Å². The summed E-state index contributed by atoms with van der Waals surface area (Å²) in [5.74, 6) is 0.266. The molecule has 6 heteroatoms. The van der Waals surface area contributed by atoms with Crippen molar-refractivity contribution in [3.63, 3.8) is 0 Å². The number of anilines is 2. The Morgan fingerprint density at radius 1 is 1.21 bits per heavy atom. The maximum absolute atomic E-state index is 14.6. The maximum atomic E-state index is 14.6. The van der Waals surface area contributed by atoms with Crippen molar-refractivity contribution in [2.75, 3.05) is 17.7 Å². The second-order valence-corrected chi connectivity index (χ2v) is 8.58. The summed E-state index contributed by atoms with van der Waals surface area (Å²) in [6, 6.07) is 8.79. The second-order valence-electron chi connectivity index (χ2n) is 8.58. The first kappa shape index (κ1) is 19.6. The van der Waals surface area contributed by atoms with Crippen LogP contribution in [0.5, 0.6) is 0 Å². The highest BCUT2D eigenvalue weighted by molar-refractivity contribution is 5.93. The van der Waals surface area contributed by atoms with Crippen LogP contribution in [0.25, 0.3) is 0 Å². The van der Waals surface area contributed by atoms with Gasteiger partial charge in [-0.3, -0.25) is 9.59 Å². The molecule has 5 nitrogen and oxygen atoms in total. The lowest BCUT2D eigenvalue weighted by atomic mass is 9.32. The van der Waals surface area contributed by atoms with Gasteiger partial charge in [-0.1, -0.05) is 19.1 Å². The zero-order chi connectivity index (χ0) is 20.8. The van der Waals surface area contributed by atoms with Crippen LogP contribution in [-0.2, 0) is 21.4 Å². The van der Waals surface area contributed by atoms with Gasteiger partial charge in [0.15, 0.2) is 0 Å². The number of aromatic nitrogens is 1. The molecule has 1 heterocycles. The van der Waals surface area contributed by atoms with Gasteiger partial charge in [0.1, 0.15) is 17.4 Å². The number of Topliss-reactive ketones (excluding diaryl/α,β-unsaturated/α-hetero) is 1. The molecule has 1 aromatic carbocycles. The third kappa shape index (κ3) is 3.20. The molecule has 2 bridgehead atoms. The van der Waals surface area contributed by atoms with Crippen molar-refractivity contribution in [2.24, 2.45) is 5.41 Å². The van der Waals surface area contributed by atoms with E-state index in [4.69, 9.17) is 5.73 Å². The molecule has 0 radical (unpaired) electrons. The number of benzene rings is 1. The van der Waals surface area contributed by atoms with E-state index in [1.54, 1.807) is 38.4 Å². The Morgan fingerprint density at radius 2 is 1.93 bits per heavy atom. The van der Waals surface area contributed by atoms with Crippen molar-refractivity contribution in [3.8, 4) is 0 Å². The van der Waals surface area contributed by atoms with Crippen LogP contribution < -0.4 is 10.6 Å². The molecular weight excluding hydrogens is 369 g/mol. The van der Waals surface area contributed by atoms with Crippen LogP contribution in [0.2, 0.25) is 0 Å². The molecule has 3 saturated carbocycles. The standard InChI is InChI=1S/C23H26FN3O2/c1-3-21(29)27(2)18-7-6-16(10-17(18)24)22-12-23(13-22,14-22)19(28)8-4-15-5-9-20(25)26-11-15/h5-7,9-11H,3-4,8,12-14H2,1-2H3,(H2,25,26). The Hall–Kier alpha value is -2.76. The lowest BCUT2D eigenvalue weighted by molar-refractivity contribution is -0.173. The van der Waals surface area contributed by atoms with E-state index in [0.717, 1.165) is 30.4 Å². The molecule has 3 aliphatic carbocycles. The van der Waals surface area contributed by atoms with Crippen LogP contribution in [0.3, 0.4) is 0 Å². The van der Waals surface area contributed by atoms with E-state index in [9.17, 15) is 14.0 Å². The molecule has 0 unspecified atom stereocenters. The van der Waals surface area contributed by atoms with Crippen molar-refractivity contribution < 1.29 is 14.0 Å². The van der Waals surface area contributed by atoms with E-state index in [-0.39, 0.29) is 22.6 Å². The Labute approximate surface area is 170 Å². The van der Waals surface area contributed by atoms with Crippen molar-refractivity contribution in [2.45, 2.75) is 50.9 Å². The van der Waals surface area contributed by atoms with Gasteiger partial charge < -0.3 is 10.6 Å². The van der Waals surface area contributed by atoms with Crippen LogP contribution in [0, 0.1) is 11.2 Å². The minimum absolute atomic E-state index is 0.0783.